The summed E-state index contributed by atoms with van der Waals surface area (Å²) < 4.78 is 1.88. The summed E-state index contributed by atoms with van der Waals surface area (Å²) in [5, 5.41) is 7.91. The number of hydrogen-bond donors (Lipinski definition) is 1. The van der Waals surface area contributed by atoms with Crippen LogP contribution in [0.1, 0.15) is 5.82 Å². The fourth-order valence-corrected chi connectivity index (χ4v) is 2.57. The maximum atomic E-state index is 4.67. The zero-order valence-electron chi connectivity index (χ0n) is 11.9. The number of aromatic nitrogens is 3. The Hall–Kier alpha value is -1.72. The molecule has 5 nitrogen and oxygen atoms in total. The van der Waals surface area contributed by atoms with Crippen LogP contribution in [0.3, 0.4) is 0 Å². The first-order chi connectivity index (χ1) is 9.83. The second-order valence-corrected chi connectivity index (χ2v) is 5.18. The van der Waals surface area contributed by atoms with Crippen molar-refractivity contribution in [1.29, 1.82) is 0 Å². The zero-order valence-corrected chi connectivity index (χ0v) is 11.9. The van der Waals surface area contributed by atoms with Gasteiger partial charge in [-0.05, 0) is 0 Å². The smallest absolute Gasteiger partial charge is 0.158 e. The van der Waals surface area contributed by atoms with Crippen LogP contribution in [-0.2, 0) is 13.5 Å². The maximum Gasteiger partial charge on any atom is 0.158 e. The third kappa shape index (κ3) is 3.05. The first kappa shape index (κ1) is 13.3. The van der Waals surface area contributed by atoms with Crippen LogP contribution >= 0.6 is 0 Å². The summed E-state index contributed by atoms with van der Waals surface area (Å²) in [6.07, 6.45) is 0.917. The van der Waals surface area contributed by atoms with Crippen molar-refractivity contribution in [1.82, 2.24) is 25.0 Å². The van der Waals surface area contributed by atoms with E-state index in [1.54, 1.807) is 0 Å². The van der Waals surface area contributed by atoms with E-state index < -0.39 is 0 Å². The van der Waals surface area contributed by atoms with Crippen LogP contribution in [0.4, 0.5) is 0 Å². The minimum atomic E-state index is 0.917. The van der Waals surface area contributed by atoms with Crippen LogP contribution in [0.2, 0.25) is 0 Å². The zero-order chi connectivity index (χ0) is 13.8. The van der Waals surface area contributed by atoms with E-state index in [0.717, 1.165) is 56.4 Å². The second kappa shape index (κ2) is 6.15. The molecule has 0 aliphatic carbocycles. The van der Waals surface area contributed by atoms with E-state index >= 15 is 0 Å². The van der Waals surface area contributed by atoms with Gasteiger partial charge in [0.2, 0.25) is 0 Å². The fraction of sp³-hybridized carbons (Fsp3) is 0.467. The molecule has 1 aliphatic heterocycles. The van der Waals surface area contributed by atoms with E-state index in [4.69, 9.17) is 0 Å². The number of benzene rings is 1. The molecule has 0 bridgehead atoms. The van der Waals surface area contributed by atoms with Gasteiger partial charge in [0.05, 0.1) is 0 Å². The van der Waals surface area contributed by atoms with Crippen LogP contribution in [0, 0.1) is 0 Å². The molecule has 1 fully saturated rings. The van der Waals surface area contributed by atoms with Gasteiger partial charge in [-0.1, -0.05) is 30.3 Å². The van der Waals surface area contributed by atoms with Crippen molar-refractivity contribution in [3.63, 3.8) is 0 Å². The minimum absolute atomic E-state index is 0.917. The Bertz CT molecular complexity index is 543. The molecule has 3 rings (SSSR count). The number of rotatable bonds is 4. The lowest BCUT2D eigenvalue weighted by Gasteiger charge is -2.26. The largest absolute Gasteiger partial charge is 0.314 e. The molecule has 1 aliphatic rings. The topological polar surface area (TPSA) is 46.0 Å². The van der Waals surface area contributed by atoms with Gasteiger partial charge < -0.3 is 10.2 Å². The van der Waals surface area contributed by atoms with E-state index in [1.807, 2.05) is 29.9 Å². The van der Waals surface area contributed by atoms with Gasteiger partial charge in [0.1, 0.15) is 0 Å². The van der Waals surface area contributed by atoms with Crippen molar-refractivity contribution in [2.24, 2.45) is 7.05 Å². The van der Waals surface area contributed by atoms with E-state index in [0.29, 0.717) is 0 Å². The highest BCUT2D eigenvalue weighted by molar-refractivity contribution is 5.54. The summed E-state index contributed by atoms with van der Waals surface area (Å²) in [4.78, 5) is 7.14. The third-order valence-electron chi connectivity index (χ3n) is 3.70. The monoisotopic (exact) mass is 271 g/mol. The van der Waals surface area contributed by atoms with E-state index in [9.17, 15) is 0 Å². The molecular formula is C15H21N5. The summed E-state index contributed by atoms with van der Waals surface area (Å²) in [6.45, 7) is 5.46. The van der Waals surface area contributed by atoms with Crippen molar-refractivity contribution < 1.29 is 0 Å². The van der Waals surface area contributed by atoms with E-state index in [1.165, 1.54) is 0 Å². The molecule has 0 saturated carbocycles. The lowest BCUT2D eigenvalue weighted by molar-refractivity contribution is 0.242. The molecule has 2 aromatic rings. The van der Waals surface area contributed by atoms with Gasteiger partial charge in [-0.25, -0.2) is 9.67 Å². The Morgan fingerprint density at radius 3 is 2.65 bits per heavy atom. The van der Waals surface area contributed by atoms with E-state index in [-0.39, 0.29) is 0 Å². The highest BCUT2D eigenvalue weighted by atomic mass is 15.3. The summed E-state index contributed by atoms with van der Waals surface area (Å²) in [6, 6.07) is 10.2. The molecule has 106 valence electrons. The van der Waals surface area contributed by atoms with E-state index in [2.05, 4.69) is 32.4 Å². The number of piperazine rings is 1. The van der Waals surface area contributed by atoms with Gasteiger partial charge in [-0.15, -0.1) is 0 Å². The standard InChI is InChI=1S/C15H21N5/c1-19-15(13-5-3-2-4-6-13)17-14(18-19)7-10-20-11-8-16-9-12-20/h2-6,16H,7-12H2,1H3. The lowest BCUT2D eigenvalue weighted by Crippen LogP contribution is -2.44. The molecule has 20 heavy (non-hydrogen) atoms. The number of hydrogen-bond acceptors (Lipinski definition) is 4. The normalized spacial score (nSPS) is 16.4. The van der Waals surface area contributed by atoms with Crippen LogP contribution in [0.15, 0.2) is 30.3 Å². The summed E-state index contributed by atoms with van der Waals surface area (Å²) >= 11 is 0. The van der Waals surface area contributed by atoms with Gasteiger partial charge in [-0.2, -0.15) is 5.10 Å². The van der Waals surface area contributed by atoms with Crippen molar-refractivity contribution >= 4 is 0 Å². The van der Waals surface area contributed by atoms with Gasteiger partial charge in [0, 0.05) is 51.8 Å². The quantitative estimate of drug-likeness (QED) is 0.898. The summed E-state index contributed by atoms with van der Waals surface area (Å²) in [7, 11) is 1.96. The van der Waals surface area contributed by atoms with Gasteiger partial charge >= 0.3 is 0 Å². The van der Waals surface area contributed by atoms with Gasteiger partial charge in [0.25, 0.3) is 0 Å². The second-order valence-electron chi connectivity index (χ2n) is 5.18. The van der Waals surface area contributed by atoms with Crippen molar-refractivity contribution in [3.8, 4) is 11.4 Å². The average molecular weight is 271 g/mol. The Kier molecular flexibility index (Phi) is 4.08. The molecular weight excluding hydrogens is 250 g/mol. The maximum absolute atomic E-state index is 4.67. The molecule has 0 amide bonds. The van der Waals surface area contributed by atoms with Crippen LogP contribution in [0.25, 0.3) is 11.4 Å². The minimum Gasteiger partial charge on any atom is -0.314 e. The first-order valence-corrected chi connectivity index (χ1v) is 7.21. The van der Waals surface area contributed by atoms with Gasteiger partial charge in [-0.3, -0.25) is 0 Å². The predicted octanol–water partition coefficient (Wildman–Crippen LogP) is 0.930. The average Bonchev–Trinajstić information content (AvgIpc) is 2.88. The Morgan fingerprint density at radius 1 is 1.15 bits per heavy atom. The molecule has 1 N–H and O–H groups in total. The molecule has 0 radical (unpaired) electrons. The first-order valence-electron chi connectivity index (χ1n) is 7.21. The molecule has 0 unspecified atom stereocenters. The molecule has 0 atom stereocenters. The van der Waals surface area contributed by atoms with Crippen LogP contribution < -0.4 is 5.32 Å². The summed E-state index contributed by atoms with van der Waals surface area (Å²) in [5.74, 6) is 1.88. The SMILES string of the molecule is Cn1nc(CCN2CCNCC2)nc1-c1ccccc1. The highest BCUT2D eigenvalue weighted by Crippen LogP contribution is 2.15. The number of nitrogens with zero attached hydrogens (tertiary/aromatic N) is 4. The van der Waals surface area contributed by atoms with Crippen molar-refractivity contribution in [2.45, 2.75) is 6.42 Å². The van der Waals surface area contributed by atoms with Crippen molar-refractivity contribution in [3.05, 3.63) is 36.2 Å². The molecule has 1 aromatic heterocycles. The van der Waals surface area contributed by atoms with Gasteiger partial charge in [0.15, 0.2) is 11.6 Å². The molecule has 1 aromatic carbocycles. The lowest BCUT2D eigenvalue weighted by atomic mass is 10.2. The molecule has 2 heterocycles. The molecule has 0 spiro atoms. The summed E-state index contributed by atoms with van der Waals surface area (Å²) in [5.41, 5.74) is 1.12. The van der Waals surface area contributed by atoms with Crippen molar-refractivity contribution in [2.75, 3.05) is 32.7 Å². The highest BCUT2D eigenvalue weighted by Gasteiger charge is 2.12. The van der Waals surface area contributed by atoms with Crippen LogP contribution in [0.5, 0.6) is 0 Å². The molecule has 5 heteroatoms. The Morgan fingerprint density at radius 2 is 1.90 bits per heavy atom. The third-order valence-corrected chi connectivity index (χ3v) is 3.70. The number of nitrogens with one attached hydrogen (secondary N) is 1. The molecule has 1 saturated heterocycles. The Balaban J connectivity index is 1.66. The Labute approximate surface area is 119 Å². The number of aryl methyl sites for hydroxylation is 1. The predicted molar refractivity (Wildman–Crippen MR) is 79.5 cm³/mol. The van der Waals surface area contributed by atoms with Crippen LogP contribution in [-0.4, -0.2) is 52.4 Å². The fourth-order valence-electron chi connectivity index (χ4n) is 2.57.